The second-order valence-corrected chi connectivity index (χ2v) is 6.17. The molecule has 0 spiro atoms. The topological polar surface area (TPSA) is 26.0 Å². The van der Waals surface area contributed by atoms with Crippen LogP contribution in [0, 0.1) is 6.92 Å². The van der Waals surface area contributed by atoms with Crippen molar-refractivity contribution in [2.75, 3.05) is 0 Å². The molecule has 1 atom stereocenters. The van der Waals surface area contributed by atoms with Crippen LogP contribution < -0.4 is 5.73 Å². The molecule has 0 aliphatic heterocycles. The molecule has 0 radical (unpaired) electrons. The van der Waals surface area contributed by atoms with Crippen molar-refractivity contribution in [2.24, 2.45) is 5.73 Å². The molecule has 0 bridgehead atoms. The number of hydrogen-bond donors (Lipinski definition) is 1. The first-order valence-electron chi connectivity index (χ1n) is 5.83. The van der Waals surface area contributed by atoms with Gasteiger partial charge in [0.1, 0.15) is 0 Å². The highest BCUT2D eigenvalue weighted by molar-refractivity contribution is 9.11. The summed E-state index contributed by atoms with van der Waals surface area (Å²) < 4.78 is 2.11. The maximum atomic E-state index is 6.30. The molecule has 2 aromatic carbocycles. The van der Waals surface area contributed by atoms with Crippen LogP contribution in [0.25, 0.3) is 0 Å². The maximum absolute atomic E-state index is 6.30. The minimum Gasteiger partial charge on any atom is -0.324 e. The maximum Gasteiger partial charge on any atom is 0.0347 e. The first kappa shape index (κ1) is 13.8. The van der Waals surface area contributed by atoms with Crippen LogP contribution >= 0.6 is 31.9 Å². The van der Waals surface area contributed by atoms with Crippen molar-refractivity contribution in [1.82, 2.24) is 0 Å². The van der Waals surface area contributed by atoms with E-state index >= 15 is 0 Å². The lowest BCUT2D eigenvalue weighted by atomic mass is 9.97. The first-order chi connectivity index (χ1) is 8.58. The van der Waals surface area contributed by atoms with E-state index in [1.807, 2.05) is 12.1 Å². The van der Waals surface area contributed by atoms with Gasteiger partial charge in [-0.15, -0.1) is 0 Å². The number of benzene rings is 2. The highest BCUT2D eigenvalue weighted by atomic mass is 79.9. The van der Waals surface area contributed by atoms with Gasteiger partial charge < -0.3 is 5.73 Å². The van der Waals surface area contributed by atoms with E-state index in [-0.39, 0.29) is 6.04 Å². The largest absolute Gasteiger partial charge is 0.324 e. The van der Waals surface area contributed by atoms with Crippen LogP contribution in [-0.2, 0) is 6.42 Å². The first-order valence-corrected chi connectivity index (χ1v) is 7.41. The van der Waals surface area contributed by atoms with Gasteiger partial charge in [0.05, 0.1) is 0 Å². The summed E-state index contributed by atoms with van der Waals surface area (Å²) in [6, 6.07) is 14.5. The third kappa shape index (κ3) is 3.22. The molecule has 0 amide bonds. The number of rotatable bonds is 3. The zero-order valence-electron chi connectivity index (χ0n) is 10.2. The van der Waals surface area contributed by atoms with Gasteiger partial charge in [-0.05, 0) is 42.2 Å². The molecule has 0 heterocycles. The number of aryl methyl sites for hydroxylation is 1. The van der Waals surface area contributed by atoms with Crippen molar-refractivity contribution in [3.63, 3.8) is 0 Å². The summed E-state index contributed by atoms with van der Waals surface area (Å²) in [4.78, 5) is 0. The quantitative estimate of drug-likeness (QED) is 0.830. The fourth-order valence-electron chi connectivity index (χ4n) is 1.99. The Bertz CT molecular complexity index is 552. The summed E-state index contributed by atoms with van der Waals surface area (Å²) in [5.74, 6) is 0. The molecule has 0 aliphatic carbocycles. The average Bonchev–Trinajstić information content (AvgIpc) is 2.32. The molecule has 0 saturated heterocycles. The third-order valence-electron chi connectivity index (χ3n) is 3.06. The summed E-state index contributed by atoms with van der Waals surface area (Å²) in [5, 5.41) is 0. The highest BCUT2D eigenvalue weighted by Crippen LogP contribution is 2.28. The minimum atomic E-state index is 0.00794. The standard InChI is InChI=1S/C15H15Br2N/c1-10-4-2-3-5-11(10)8-15(18)13-7-6-12(16)9-14(13)17/h2-7,9,15H,8,18H2,1H3. The van der Waals surface area contributed by atoms with Crippen molar-refractivity contribution in [3.8, 4) is 0 Å². The summed E-state index contributed by atoms with van der Waals surface area (Å²) in [7, 11) is 0. The molecule has 0 aliphatic rings. The lowest BCUT2D eigenvalue weighted by Crippen LogP contribution is -2.14. The average molecular weight is 369 g/mol. The Kier molecular flexibility index (Phi) is 4.60. The van der Waals surface area contributed by atoms with E-state index in [2.05, 4.69) is 69.1 Å². The number of hydrogen-bond acceptors (Lipinski definition) is 1. The second kappa shape index (κ2) is 6.00. The summed E-state index contributed by atoms with van der Waals surface area (Å²) in [6.07, 6.45) is 0.854. The van der Waals surface area contributed by atoms with Gasteiger partial charge in [0.2, 0.25) is 0 Å². The van der Waals surface area contributed by atoms with Crippen molar-refractivity contribution in [1.29, 1.82) is 0 Å². The van der Waals surface area contributed by atoms with Crippen LogP contribution in [-0.4, -0.2) is 0 Å². The van der Waals surface area contributed by atoms with Gasteiger partial charge in [0.25, 0.3) is 0 Å². The van der Waals surface area contributed by atoms with Crippen LogP contribution in [0.4, 0.5) is 0 Å². The van der Waals surface area contributed by atoms with Crippen LogP contribution in [0.2, 0.25) is 0 Å². The molecule has 0 saturated carbocycles. The van der Waals surface area contributed by atoms with Gasteiger partial charge in [-0.2, -0.15) is 0 Å². The lowest BCUT2D eigenvalue weighted by Gasteiger charge is -2.15. The Morgan fingerprint density at radius 2 is 1.83 bits per heavy atom. The zero-order valence-corrected chi connectivity index (χ0v) is 13.3. The Hall–Kier alpha value is -0.640. The molecule has 0 aromatic heterocycles. The van der Waals surface area contributed by atoms with Gasteiger partial charge in [0.15, 0.2) is 0 Å². The number of nitrogens with two attached hydrogens (primary N) is 1. The molecular formula is C15H15Br2N. The highest BCUT2D eigenvalue weighted by Gasteiger charge is 2.11. The smallest absolute Gasteiger partial charge is 0.0347 e. The molecule has 2 aromatic rings. The van der Waals surface area contributed by atoms with Crippen LogP contribution in [0.15, 0.2) is 51.4 Å². The third-order valence-corrected chi connectivity index (χ3v) is 4.24. The van der Waals surface area contributed by atoms with Gasteiger partial charge >= 0.3 is 0 Å². The van der Waals surface area contributed by atoms with E-state index in [0.717, 1.165) is 20.9 Å². The molecule has 3 heteroatoms. The van der Waals surface area contributed by atoms with E-state index in [1.54, 1.807) is 0 Å². The SMILES string of the molecule is Cc1ccccc1CC(N)c1ccc(Br)cc1Br. The normalized spacial score (nSPS) is 12.4. The molecular weight excluding hydrogens is 354 g/mol. The van der Waals surface area contributed by atoms with E-state index in [9.17, 15) is 0 Å². The van der Waals surface area contributed by atoms with Crippen molar-refractivity contribution in [3.05, 3.63) is 68.1 Å². The Morgan fingerprint density at radius 3 is 2.50 bits per heavy atom. The molecule has 1 unspecified atom stereocenters. The van der Waals surface area contributed by atoms with Gasteiger partial charge in [-0.1, -0.05) is 62.2 Å². The fourth-order valence-corrected chi connectivity index (χ4v) is 3.33. The van der Waals surface area contributed by atoms with Gasteiger partial charge in [-0.25, -0.2) is 0 Å². The lowest BCUT2D eigenvalue weighted by molar-refractivity contribution is 0.715. The second-order valence-electron chi connectivity index (χ2n) is 4.40. The molecule has 2 N–H and O–H groups in total. The minimum absolute atomic E-state index is 0.00794. The van der Waals surface area contributed by atoms with E-state index in [4.69, 9.17) is 5.73 Å². The fraction of sp³-hybridized carbons (Fsp3) is 0.200. The Labute approximate surface area is 125 Å². The van der Waals surface area contributed by atoms with Gasteiger partial charge in [0, 0.05) is 15.0 Å². The van der Waals surface area contributed by atoms with E-state index in [0.29, 0.717) is 0 Å². The monoisotopic (exact) mass is 367 g/mol. The van der Waals surface area contributed by atoms with Crippen molar-refractivity contribution < 1.29 is 0 Å². The van der Waals surface area contributed by atoms with E-state index in [1.165, 1.54) is 11.1 Å². The van der Waals surface area contributed by atoms with Crippen LogP contribution in [0.3, 0.4) is 0 Å². The molecule has 2 rings (SSSR count). The van der Waals surface area contributed by atoms with Crippen LogP contribution in [0.5, 0.6) is 0 Å². The molecule has 18 heavy (non-hydrogen) atoms. The van der Waals surface area contributed by atoms with Crippen molar-refractivity contribution >= 4 is 31.9 Å². The Morgan fingerprint density at radius 1 is 1.11 bits per heavy atom. The van der Waals surface area contributed by atoms with Crippen LogP contribution in [0.1, 0.15) is 22.7 Å². The summed E-state index contributed by atoms with van der Waals surface area (Å²) in [6.45, 7) is 2.12. The van der Waals surface area contributed by atoms with Crippen molar-refractivity contribution in [2.45, 2.75) is 19.4 Å². The van der Waals surface area contributed by atoms with Gasteiger partial charge in [-0.3, -0.25) is 0 Å². The molecule has 0 fully saturated rings. The molecule has 94 valence electrons. The molecule has 1 nitrogen and oxygen atoms in total. The predicted octanol–water partition coefficient (Wildman–Crippen LogP) is 4.76. The Balaban J connectivity index is 2.22. The number of halogens is 2. The summed E-state index contributed by atoms with van der Waals surface area (Å²) in [5.41, 5.74) is 10.0. The zero-order chi connectivity index (χ0) is 13.1. The van der Waals surface area contributed by atoms with E-state index < -0.39 is 0 Å². The summed E-state index contributed by atoms with van der Waals surface area (Å²) >= 11 is 7.02. The predicted molar refractivity (Wildman–Crippen MR) is 83.7 cm³/mol.